The van der Waals surface area contributed by atoms with E-state index in [1.54, 1.807) is 0 Å². The molecule has 0 aromatic carbocycles. The molecule has 0 aliphatic rings. The summed E-state index contributed by atoms with van der Waals surface area (Å²) in [4.78, 5) is 38.3. The van der Waals surface area contributed by atoms with Gasteiger partial charge in [-0.25, -0.2) is 0 Å². The maximum absolute atomic E-state index is 12.9. The number of rotatable bonds is 60. The molecule has 0 aliphatic heterocycles. The van der Waals surface area contributed by atoms with Gasteiger partial charge in [0.2, 0.25) is 0 Å². The van der Waals surface area contributed by atoms with E-state index in [0.29, 0.717) is 19.3 Å². The van der Waals surface area contributed by atoms with Crippen molar-refractivity contribution < 1.29 is 28.6 Å². The molecule has 0 spiro atoms. The third-order valence-corrected chi connectivity index (χ3v) is 15.4. The van der Waals surface area contributed by atoms with Crippen molar-refractivity contribution in [2.24, 2.45) is 5.92 Å². The highest BCUT2D eigenvalue weighted by Gasteiger charge is 2.19. The lowest BCUT2D eigenvalue weighted by Crippen LogP contribution is -2.30. The summed E-state index contributed by atoms with van der Waals surface area (Å²) < 4.78 is 17.0. The lowest BCUT2D eigenvalue weighted by Gasteiger charge is -2.18. The molecule has 6 heteroatoms. The molecule has 0 saturated heterocycles. The summed E-state index contributed by atoms with van der Waals surface area (Å²) in [5, 5.41) is 0. The Bertz CT molecular complexity index is 1080. The Morgan fingerprint density at radius 3 is 0.732 bits per heavy atom. The van der Waals surface area contributed by atoms with Gasteiger partial charge < -0.3 is 14.2 Å². The standard InChI is InChI=1S/C65H126O6/c1-5-8-10-12-14-16-18-20-22-25-29-33-36-40-44-48-52-56-63(66)69-59-62(71-65(68)58-54-50-46-42-38-32-21-19-17-15-13-11-9-6-2)60-70-64(67)57-53-49-45-41-37-34-30-27-24-23-26-28-31-35-39-43-47-51-55-61(4)7-3/h61-62H,5-60H2,1-4H3/t61?,62-/m1/s1. The van der Waals surface area contributed by atoms with Crippen molar-refractivity contribution in [2.45, 2.75) is 381 Å². The van der Waals surface area contributed by atoms with Crippen LogP contribution in [-0.4, -0.2) is 37.2 Å². The predicted molar refractivity (Wildman–Crippen MR) is 307 cm³/mol. The zero-order valence-electron chi connectivity index (χ0n) is 48.7. The van der Waals surface area contributed by atoms with Crippen molar-refractivity contribution >= 4 is 17.9 Å². The molecule has 0 rings (SSSR count). The summed E-state index contributed by atoms with van der Waals surface area (Å²) in [6.07, 6.45) is 66.7. The Labute approximate surface area is 444 Å². The topological polar surface area (TPSA) is 78.9 Å². The molecule has 0 aromatic heterocycles. The molecule has 0 bridgehead atoms. The summed E-state index contributed by atoms with van der Waals surface area (Å²) in [7, 11) is 0. The SMILES string of the molecule is CCCCCCCCCCCCCCCCCCCC(=O)OC[C@H](COC(=O)CCCCCCCCCCCCCCCCCCCCC(C)CC)OC(=O)CCCCCCCCCCCCCCCC. The van der Waals surface area contributed by atoms with Gasteiger partial charge in [-0.05, 0) is 25.2 Å². The van der Waals surface area contributed by atoms with E-state index >= 15 is 0 Å². The molecule has 0 aliphatic carbocycles. The van der Waals surface area contributed by atoms with Crippen molar-refractivity contribution in [3.05, 3.63) is 0 Å². The Hall–Kier alpha value is -1.59. The largest absolute Gasteiger partial charge is 0.462 e. The van der Waals surface area contributed by atoms with Crippen molar-refractivity contribution in [3.8, 4) is 0 Å². The Morgan fingerprint density at radius 2 is 0.493 bits per heavy atom. The number of ether oxygens (including phenoxy) is 3. The van der Waals surface area contributed by atoms with Gasteiger partial charge in [0, 0.05) is 19.3 Å². The minimum atomic E-state index is -0.762. The molecule has 0 saturated carbocycles. The van der Waals surface area contributed by atoms with Gasteiger partial charge in [0.25, 0.3) is 0 Å². The second-order valence-electron chi connectivity index (χ2n) is 22.6. The van der Waals surface area contributed by atoms with Gasteiger partial charge in [0.15, 0.2) is 6.10 Å². The van der Waals surface area contributed by atoms with E-state index in [4.69, 9.17) is 14.2 Å². The van der Waals surface area contributed by atoms with Gasteiger partial charge in [-0.2, -0.15) is 0 Å². The molecule has 71 heavy (non-hydrogen) atoms. The number of carbonyl (C=O) groups excluding carboxylic acids is 3. The van der Waals surface area contributed by atoms with Crippen LogP contribution >= 0.6 is 0 Å². The maximum atomic E-state index is 12.9. The first kappa shape index (κ1) is 69.4. The van der Waals surface area contributed by atoms with E-state index in [1.165, 1.54) is 270 Å². The van der Waals surface area contributed by atoms with Crippen molar-refractivity contribution in [3.63, 3.8) is 0 Å². The molecule has 6 nitrogen and oxygen atoms in total. The maximum Gasteiger partial charge on any atom is 0.306 e. The van der Waals surface area contributed by atoms with Crippen molar-refractivity contribution in [2.75, 3.05) is 13.2 Å². The lowest BCUT2D eigenvalue weighted by atomic mass is 9.99. The van der Waals surface area contributed by atoms with Crippen LogP contribution in [0.15, 0.2) is 0 Å². The predicted octanol–water partition coefficient (Wildman–Crippen LogP) is 21.7. The highest BCUT2D eigenvalue weighted by Crippen LogP contribution is 2.19. The molecule has 0 amide bonds. The van der Waals surface area contributed by atoms with E-state index in [-0.39, 0.29) is 31.1 Å². The minimum Gasteiger partial charge on any atom is -0.462 e. The van der Waals surface area contributed by atoms with E-state index in [2.05, 4.69) is 27.7 Å². The van der Waals surface area contributed by atoms with E-state index in [9.17, 15) is 14.4 Å². The fraction of sp³-hybridized carbons (Fsp3) is 0.954. The van der Waals surface area contributed by atoms with Gasteiger partial charge in [0.1, 0.15) is 13.2 Å². The number of esters is 3. The molecule has 1 unspecified atom stereocenters. The lowest BCUT2D eigenvalue weighted by molar-refractivity contribution is -0.167. The van der Waals surface area contributed by atoms with Gasteiger partial charge in [-0.3, -0.25) is 14.4 Å². The average molecular weight is 1000 g/mol. The molecule has 0 aromatic rings. The van der Waals surface area contributed by atoms with Crippen molar-refractivity contribution in [1.82, 2.24) is 0 Å². The van der Waals surface area contributed by atoms with Gasteiger partial charge >= 0.3 is 17.9 Å². The second-order valence-corrected chi connectivity index (χ2v) is 22.6. The summed E-state index contributed by atoms with van der Waals surface area (Å²) in [6.45, 7) is 9.13. The number of hydrogen-bond acceptors (Lipinski definition) is 6. The molecular weight excluding hydrogens is 877 g/mol. The third-order valence-electron chi connectivity index (χ3n) is 15.4. The average Bonchev–Trinajstić information content (AvgIpc) is 3.37. The van der Waals surface area contributed by atoms with Crippen LogP contribution in [0.3, 0.4) is 0 Å². The molecule has 0 radical (unpaired) electrons. The van der Waals surface area contributed by atoms with Crippen LogP contribution in [0.25, 0.3) is 0 Å². The molecule has 0 N–H and O–H groups in total. The van der Waals surface area contributed by atoms with E-state index in [1.807, 2.05) is 0 Å². The van der Waals surface area contributed by atoms with Crippen LogP contribution in [0.5, 0.6) is 0 Å². The molecule has 0 fully saturated rings. The van der Waals surface area contributed by atoms with Crippen LogP contribution in [0.4, 0.5) is 0 Å². The first-order chi connectivity index (χ1) is 34.9. The Morgan fingerprint density at radius 1 is 0.282 bits per heavy atom. The zero-order valence-corrected chi connectivity index (χ0v) is 48.7. The van der Waals surface area contributed by atoms with Crippen LogP contribution in [0.1, 0.15) is 374 Å². The quantitative estimate of drug-likeness (QED) is 0.0343. The summed E-state index contributed by atoms with van der Waals surface area (Å²) in [5.74, 6) is 0.0835. The number of hydrogen-bond donors (Lipinski definition) is 0. The third kappa shape index (κ3) is 57.5. The van der Waals surface area contributed by atoms with Gasteiger partial charge in [-0.15, -0.1) is 0 Å². The summed E-state index contributed by atoms with van der Waals surface area (Å²) >= 11 is 0. The van der Waals surface area contributed by atoms with Crippen LogP contribution in [0.2, 0.25) is 0 Å². The normalized spacial score (nSPS) is 12.3. The Kier molecular flexibility index (Phi) is 58.0. The molecular formula is C65H126O6. The highest BCUT2D eigenvalue weighted by atomic mass is 16.6. The monoisotopic (exact) mass is 1000 g/mol. The fourth-order valence-electron chi connectivity index (χ4n) is 10.1. The smallest absolute Gasteiger partial charge is 0.306 e. The van der Waals surface area contributed by atoms with Gasteiger partial charge in [-0.1, -0.05) is 336 Å². The number of carbonyl (C=O) groups is 3. The number of unbranched alkanes of at least 4 members (excludes halogenated alkanes) is 46. The summed E-state index contributed by atoms with van der Waals surface area (Å²) in [6, 6.07) is 0. The molecule has 422 valence electrons. The van der Waals surface area contributed by atoms with Gasteiger partial charge in [0.05, 0.1) is 0 Å². The summed E-state index contributed by atoms with van der Waals surface area (Å²) in [5.41, 5.74) is 0. The zero-order chi connectivity index (χ0) is 51.6. The second kappa shape index (κ2) is 59.3. The first-order valence-electron chi connectivity index (χ1n) is 32.4. The van der Waals surface area contributed by atoms with Crippen LogP contribution < -0.4 is 0 Å². The Balaban J connectivity index is 4.24. The van der Waals surface area contributed by atoms with Crippen LogP contribution in [0, 0.1) is 5.92 Å². The first-order valence-corrected chi connectivity index (χ1v) is 32.4. The van der Waals surface area contributed by atoms with E-state index < -0.39 is 6.10 Å². The fourth-order valence-corrected chi connectivity index (χ4v) is 10.1. The highest BCUT2D eigenvalue weighted by molar-refractivity contribution is 5.71. The molecule has 2 atom stereocenters. The van der Waals surface area contributed by atoms with Crippen molar-refractivity contribution in [1.29, 1.82) is 0 Å². The minimum absolute atomic E-state index is 0.0610. The van der Waals surface area contributed by atoms with E-state index in [0.717, 1.165) is 63.7 Å². The molecule has 0 heterocycles. The van der Waals surface area contributed by atoms with Crippen LogP contribution in [-0.2, 0) is 28.6 Å².